The Labute approximate surface area is 121 Å². The predicted molar refractivity (Wildman–Crippen MR) is 74.9 cm³/mol. The van der Waals surface area contributed by atoms with Gasteiger partial charge in [0, 0.05) is 0 Å². The molecule has 2 rings (SSSR count). The zero-order valence-corrected chi connectivity index (χ0v) is 11.6. The van der Waals surface area contributed by atoms with Crippen LogP contribution in [0.15, 0.2) is 18.2 Å². The Bertz CT molecular complexity index is 550. The molecular weight excluding hydrogens is 281 g/mol. The maximum atomic E-state index is 12.9. The van der Waals surface area contributed by atoms with Gasteiger partial charge in [0.15, 0.2) is 0 Å². The van der Waals surface area contributed by atoms with Gasteiger partial charge >= 0.3 is 0 Å². The molecule has 0 aromatic heterocycles. The van der Waals surface area contributed by atoms with Gasteiger partial charge in [-0.15, -0.1) is 0 Å². The van der Waals surface area contributed by atoms with Crippen LogP contribution in [0.2, 0.25) is 5.02 Å². The standard InChI is InChI=1S/C14H15ClFN3O/c15-11-7-10(16)3-4-12(11)18-8-13(20)19-14(9-17)5-1-2-6-14/h3-4,7,18H,1-2,5-6,8H2,(H,19,20). The van der Waals surface area contributed by atoms with Gasteiger partial charge in [-0.1, -0.05) is 11.6 Å². The van der Waals surface area contributed by atoms with Crippen molar-refractivity contribution in [3.63, 3.8) is 0 Å². The van der Waals surface area contributed by atoms with Crippen LogP contribution in [0.25, 0.3) is 0 Å². The SMILES string of the molecule is N#CC1(NC(=O)CNc2ccc(F)cc2Cl)CCCC1. The van der Waals surface area contributed by atoms with Crippen LogP contribution in [-0.2, 0) is 4.79 Å². The number of hydrogen-bond acceptors (Lipinski definition) is 3. The van der Waals surface area contributed by atoms with Crippen molar-refractivity contribution in [1.29, 1.82) is 5.26 Å². The minimum Gasteiger partial charge on any atom is -0.375 e. The van der Waals surface area contributed by atoms with Crippen LogP contribution in [0, 0.1) is 17.1 Å². The quantitative estimate of drug-likeness (QED) is 0.897. The van der Waals surface area contributed by atoms with Crippen LogP contribution < -0.4 is 10.6 Å². The molecule has 1 amide bonds. The largest absolute Gasteiger partial charge is 0.375 e. The Morgan fingerprint density at radius 1 is 1.45 bits per heavy atom. The molecular formula is C14H15ClFN3O. The van der Waals surface area contributed by atoms with E-state index in [1.54, 1.807) is 0 Å². The van der Waals surface area contributed by atoms with Crippen molar-refractivity contribution >= 4 is 23.2 Å². The Morgan fingerprint density at radius 3 is 2.75 bits per heavy atom. The lowest BCUT2D eigenvalue weighted by molar-refractivity contribution is -0.120. The van der Waals surface area contributed by atoms with Gasteiger partial charge in [0.25, 0.3) is 0 Å². The molecule has 2 N–H and O–H groups in total. The van der Waals surface area contributed by atoms with Gasteiger partial charge in [0.05, 0.1) is 23.3 Å². The van der Waals surface area contributed by atoms with Crippen molar-refractivity contribution in [2.45, 2.75) is 31.2 Å². The summed E-state index contributed by atoms with van der Waals surface area (Å²) in [7, 11) is 0. The topological polar surface area (TPSA) is 64.9 Å². The summed E-state index contributed by atoms with van der Waals surface area (Å²) in [5, 5.41) is 15.0. The van der Waals surface area contributed by atoms with Crippen molar-refractivity contribution < 1.29 is 9.18 Å². The first-order chi connectivity index (χ1) is 9.54. The molecule has 106 valence electrons. The van der Waals surface area contributed by atoms with Gasteiger partial charge in [-0.25, -0.2) is 4.39 Å². The number of hydrogen-bond donors (Lipinski definition) is 2. The normalized spacial score (nSPS) is 16.4. The third-order valence-corrected chi connectivity index (χ3v) is 3.73. The van der Waals surface area contributed by atoms with Gasteiger partial charge in [0.2, 0.25) is 5.91 Å². The number of anilines is 1. The number of amides is 1. The maximum absolute atomic E-state index is 12.9. The fourth-order valence-corrected chi connectivity index (χ4v) is 2.60. The van der Waals surface area contributed by atoms with Crippen LogP contribution >= 0.6 is 11.6 Å². The fraction of sp³-hybridized carbons (Fsp3) is 0.429. The fourth-order valence-electron chi connectivity index (χ4n) is 2.36. The zero-order valence-electron chi connectivity index (χ0n) is 10.9. The Kier molecular flexibility index (Phi) is 4.46. The second kappa shape index (κ2) is 6.10. The number of halogens is 2. The van der Waals surface area contributed by atoms with E-state index >= 15 is 0 Å². The number of carbonyl (C=O) groups excluding carboxylic acids is 1. The molecule has 0 unspecified atom stereocenters. The molecule has 1 aliphatic carbocycles. The highest BCUT2D eigenvalue weighted by Crippen LogP contribution is 2.28. The van der Waals surface area contributed by atoms with Crippen molar-refractivity contribution in [3.8, 4) is 6.07 Å². The first-order valence-electron chi connectivity index (χ1n) is 6.46. The summed E-state index contributed by atoms with van der Waals surface area (Å²) in [5.74, 6) is -0.701. The van der Waals surface area contributed by atoms with Crippen molar-refractivity contribution in [2.24, 2.45) is 0 Å². The summed E-state index contributed by atoms with van der Waals surface area (Å²) in [6.45, 7) is -0.00518. The van der Waals surface area contributed by atoms with E-state index in [9.17, 15) is 14.4 Å². The number of carbonyl (C=O) groups is 1. The molecule has 0 heterocycles. The summed E-state index contributed by atoms with van der Waals surface area (Å²) < 4.78 is 12.9. The molecule has 0 aliphatic heterocycles. The lowest BCUT2D eigenvalue weighted by Gasteiger charge is -2.22. The van der Waals surface area contributed by atoms with E-state index in [-0.39, 0.29) is 17.5 Å². The maximum Gasteiger partial charge on any atom is 0.240 e. The number of rotatable bonds is 4. The smallest absolute Gasteiger partial charge is 0.240 e. The zero-order chi connectivity index (χ0) is 14.6. The minimum absolute atomic E-state index is 0.00518. The number of benzene rings is 1. The molecule has 1 aromatic carbocycles. The monoisotopic (exact) mass is 295 g/mol. The van der Waals surface area contributed by atoms with Gasteiger partial charge < -0.3 is 10.6 Å². The molecule has 0 bridgehead atoms. The predicted octanol–water partition coefficient (Wildman–Crippen LogP) is 2.84. The van der Waals surface area contributed by atoms with Crippen LogP contribution in [0.5, 0.6) is 0 Å². The third-order valence-electron chi connectivity index (χ3n) is 3.42. The lowest BCUT2D eigenvalue weighted by Crippen LogP contribution is -2.47. The number of nitriles is 1. The summed E-state index contributed by atoms with van der Waals surface area (Å²) in [6.07, 6.45) is 3.27. The van der Waals surface area contributed by atoms with E-state index in [1.807, 2.05) is 0 Å². The van der Waals surface area contributed by atoms with E-state index in [1.165, 1.54) is 18.2 Å². The number of nitrogens with one attached hydrogen (secondary N) is 2. The number of nitrogens with zero attached hydrogens (tertiary/aromatic N) is 1. The molecule has 1 saturated carbocycles. The van der Waals surface area contributed by atoms with Crippen LogP contribution in [-0.4, -0.2) is 18.0 Å². The lowest BCUT2D eigenvalue weighted by atomic mass is 10.00. The molecule has 0 saturated heterocycles. The summed E-state index contributed by atoms with van der Waals surface area (Å²) in [6, 6.07) is 6.10. The van der Waals surface area contributed by atoms with Gasteiger partial charge in [-0.05, 0) is 43.9 Å². The highest BCUT2D eigenvalue weighted by Gasteiger charge is 2.35. The summed E-state index contributed by atoms with van der Waals surface area (Å²) in [5.41, 5.74) is -0.244. The molecule has 0 spiro atoms. The Morgan fingerprint density at radius 2 is 2.15 bits per heavy atom. The molecule has 1 fully saturated rings. The molecule has 1 aliphatic rings. The average Bonchev–Trinajstić information content (AvgIpc) is 2.87. The first-order valence-corrected chi connectivity index (χ1v) is 6.84. The van der Waals surface area contributed by atoms with E-state index in [4.69, 9.17) is 11.6 Å². The van der Waals surface area contributed by atoms with E-state index in [0.717, 1.165) is 12.8 Å². The Hall–Kier alpha value is -1.80. The molecule has 20 heavy (non-hydrogen) atoms. The van der Waals surface area contributed by atoms with Crippen LogP contribution in [0.4, 0.5) is 10.1 Å². The van der Waals surface area contributed by atoms with Gasteiger partial charge in [0.1, 0.15) is 11.4 Å². The molecule has 0 atom stereocenters. The average molecular weight is 296 g/mol. The molecule has 1 aromatic rings. The van der Waals surface area contributed by atoms with Crippen LogP contribution in [0.3, 0.4) is 0 Å². The highest BCUT2D eigenvalue weighted by atomic mass is 35.5. The van der Waals surface area contributed by atoms with Crippen molar-refractivity contribution in [1.82, 2.24) is 5.32 Å². The van der Waals surface area contributed by atoms with E-state index < -0.39 is 11.4 Å². The first kappa shape index (κ1) is 14.6. The summed E-state index contributed by atoms with van der Waals surface area (Å²) in [4.78, 5) is 11.9. The molecule has 6 heteroatoms. The van der Waals surface area contributed by atoms with Gasteiger partial charge in [-0.2, -0.15) is 5.26 Å². The second-order valence-corrected chi connectivity index (χ2v) is 5.33. The van der Waals surface area contributed by atoms with Crippen molar-refractivity contribution in [2.75, 3.05) is 11.9 Å². The van der Waals surface area contributed by atoms with Gasteiger partial charge in [-0.3, -0.25) is 4.79 Å². The van der Waals surface area contributed by atoms with E-state index in [0.29, 0.717) is 18.5 Å². The third kappa shape index (κ3) is 3.40. The highest BCUT2D eigenvalue weighted by molar-refractivity contribution is 6.33. The summed E-state index contributed by atoms with van der Waals surface area (Å²) >= 11 is 5.85. The Balaban J connectivity index is 1.91. The minimum atomic E-state index is -0.731. The second-order valence-electron chi connectivity index (χ2n) is 4.93. The van der Waals surface area contributed by atoms with E-state index in [2.05, 4.69) is 16.7 Å². The van der Waals surface area contributed by atoms with Crippen molar-refractivity contribution in [3.05, 3.63) is 29.0 Å². The molecule has 0 radical (unpaired) electrons. The van der Waals surface area contributed by atoms with Crippen LogP contribution in [0.1, 0.15) is 25.7 Å². The molecule has 4 nitrogen and oxygen atoms in total.